The molecule has 3 rings (SSSR count). The number of hydrogen-bond acceptors (Lipinski definition) is 4. The largest absolute Gasteiger partial charge is 0.486 e. The summed E-state index contributed by atoms with van der Waals surface area (Å²) < 4.78 is 10.9. The Bertz CT molecular complexity index is 625. The molecule has 1 aliphatic heterocycles. The topological polar surface area (TPSA) is 84.9 Å². The van der Waals surface area contributed by atoms with Crippen LogP contribution in [0, 0.1) is 17.3 Å². The standard InChI is InChI=1S/C16H19NO5/c1-16(2)12(13(16)15(19)20)14(18)17-8-9-3-4-10-11(7-9)22-6-5-21-10/h3-4,7,12-13H,5-6,8H2,1-2H3,(H,17,18)(H,19,20)/t12-,13+/m1/s1. The fourth-order valence-electron chi connectivity index (χ4n) is 3.08. The number of carboxylic acids is 1. The molecule has 6 heteroatoms. The van der Waals surface area contributed by atoms with Crippen LogP contribution >= 0.6 is 0 Å². The summed E-state index contributed by atoms with van der Waals surface area (Å²) in [6.07, 6.45) is 0. The minimum absolute atomic E-state index is 0.215. The third-order valence-corrected chi connectivity index (χ3v) is 4.45. The average Bonchev–Trinajstić information content (AvgIpc) is 3.07. The number of carboxylic acid groups (broad SMARTS) is 1. The Hall–Kier alpha value is -2.24. The highest BCUT2D eigenvalue weighted by Crippen LogP contribution is 2.58. The van der Waals surface area contributed by atoms with Crippen molar-refractivity contribution >= 4 is 11.9 Å². The number of ether oxygens (including phenoxy) is 2. The Labute approximate surface area is 128 Å². The van der Waals surface area contributed by atoms with Crippen LogP contribution in [0.4, 0.5) is 0 Å². The lowest BCUT2D eigenvalue weighted by Crippen LogP contribution is -2.27. The molecule has 0 aromatic heterocycles. The van der Waals surface area contributed by atoms with Gasteiger partial charge in [0.1, 0.15) is 13.2 Å². The van der Waals surface area contributed by atoms with Gasteiger partial charge < -0.3 is 19.9 Å². The Morgan fingerprint density at radius 1 is 1.23 bits per heavy atom. The molecule has 1 saturated carbocycles. The first kappa shape index (κ1) is 14.7. The minimum atomic E-state index is -0.913. The van der Waals surface area contributed by atoms with E-state index >= 15 is 0 Å². The van der Waals surface area contributed by atoms with Gasteiger partial charge in [0, 0.05) is 6.54 Å². The summed E-state index contributed by atoms with van der Waals surface area (Å²) in [4.78, 5) is 23.3. The van der Waals surface area contributed by atoms with E-state index in [4.69, 9.17) is 14.6 Å². The van der Waals surface area contributed by atoms with Crippen LogP contribution in [-0.4, -0.2) is 30.2 Å². The molecule has 0 unspecified atom stereocenters. The summed E-state index contributed by atoms with van der Waals surface area (Å²) in [7, 11) is 0. The molecule has 118 valence electrons. The molecule has 0 spiro atoms. The minimum Gasteiger partial charge on any atom is -0.486 e. The van der Waals surface area contributed by atoms with E-state index in [1.807, 2.05) is 18.2 Å². The molecular weight excluding hydrogens is 286 g/mol. The predicted molar refractivity (Wildman–Crippen MR) is 77.7 cm³/mol. The zero-order valence-electron chi connectivity index (χ0n) is 12.6. The van der Waals surface area contributed by atoms with Crippen molar-refractivity contribution < 1.29 is 24.2 Å². The van der Waals surface area contributed by atoms with Crippen LogP contribution < -0.4 is 14.8 Å². The fourth-order valence-corrected chi connectivity index (χ4v) is 3.08. The van der Waals surface area contributed by atoms with Gasteiger partial charge in [-0.25, -0.2) is 0 Å². The number of nitrogens with one attached hydrogen (secondary N) is 1. The van der Waals surface area contributed by atoms with Crippen LogP contribution in [0.2, 0.25) is 0 Å². The predicted octanol–water partition coefficient (Wildman–Crippen LogP) is 1.43. The van der Waals surface area contributed by atoms with Crippen molar-refractivity contribution in [1.29, 1.82) is 0 Å². The van der Waals surface area contributed by atoms with Crippen molar-refractivity contribution in [1.82, 2.24) is 5.32 Å². The quantitative estimate of drug-likeness (QED) is 0.879. The molecule has 1 aliphatic carbocycles. The fraction of sp³-hybridized carbons (Fsp3) is 0.500. The average molecular weight is 305 g/mol. The van der Waals surface area contributed by atoms with Gasteiger partial charge in [-0.15, -0.1) is 0 Å². The van der Waals surface area contributed by atoms with E-state index in [1.165, 1.54) is 0 Å². The van der Waals surface area contributed by atoms with Gasteiger partial charge in [-0.2, -0.15) is 0 Å². The first-order valence-electron chi connectivity index (χ1n) is 7.30. The molecular formula is C16H19NO5. The maximum absolute atomic E-state index is 12.2. The number of rotatable bonds is 4. The molecule has 1 aromatic carbocycles. The number of aliphatic carboxylic acids is 1. The highest BCUT2D eigenvalue weighted by molar-refractivity contribution is 5.91. The molecule has 0 saturated heterocycles. The maximum atomic E-state index is 12.2. The Morgan fingerprint density at radius 2 is 1.91 bits per heavy atom. The summed E-state index contributed by atoms with van der Waals surface area (Å²) in [6, 6.07) is 5.51. The highest BCUT2D eigenvalue weighted by Gasteiger charge is 2.65. The Kier molecular flexibility index (Phi) is 3.47. The molecule has 1 amide bonds. The first-order chi connectivity index (χ1) is 10.4. The number of amides is 1. The van der Waals surface area contributed by atoms with Gasteiger partial charge in [0.2, 0.25) is 5.91 Å². The van der Waals surface area contributed by atoms with Gasteiger partial charge >= 0.3 is 5.97 Å². The van der Waals surface area contributed by atoms with E-state index < -0.39 is 23.2 Å². The first-order valence-corrected chi connectivity index (χ1v) is 7.30. The molecule has 1 heterocycles. The number of benzene rings is 1. The maximum Gasteiger partial charge on any atom is 0.307 e. The molecule has 1 aromatic rings. The second kappa shape index (κ2) is 5.19. The van der Waals surface area contributed by atoms with Crippen LogP contribution in [0.3, 0.4) is 0 Å². The molecule has 0 bridgehead atoms. The molecule has 0 radical (unpaired) electrons. The monoisotopic (exact) mass is 305 g/mol. The van der Waals surface area contributed by atoms with Crippen molar-refractivity contribution in [3.63, 3.8) is 0 Å². The Morgan fingerprint density at radius 3 is 2.55 bits per heavy atom. The van der Waals surface area contributed by atoms with Crippen molar-refractivity contribution in [2.45, 2.75) is 20.4 Å². The van der Waals surface area contributed by atoms with E-state index in [2.05, 4.69) is 5.32 Å². The zero-order valence-corrected chi connectivity index (χ0v) is 12.6. The summed E-state index contributed by atoms with van der Waals surface area (Å²) >= 11 is 0. The summed E-state index contributed by atoms with van der Waals surface area (Å²) in [5, 5.41) is 11.9. The van der Waals surface area contributed by atoms with Crippen LogP contribution in [0.1, 0.15) is 19.4 Å². The third kappa shape index (κ3) is 2.49. The van der Waals surface area contributed by atoms with Gasteiger partial charge in [-0.05, 0) is 23.1 Å². The van der Waals surface area contributed by atoms with Gasteiger partial charge in [-0.1, -0.05) is 19.9 Å². The number of carbonyl (C=O) groups is 2. The van der Waals surface area contributed by atoms with Crippen molar-refractivity contribution in [3.8, 4) is 11.5 Å². The third-order valence-electron chi connectivity index (χ3n) is 4.45. The molecule has 2 aliphatic rings. The zero-order chi connectivity index (χ0) is 15.9. The number of carbonyl (C=O) groups excluding carboxylic acids is 1. The number of hydrogen-bond donors (Lipinski definition) is 2. The molecule has 22 heavy (non-hydrogen) atoms. The summed E-state index contributed by atoms with van der Waals surface area (Å²) in [6.45, 7) is 5.00. The lowest BCUT2D eigenvalue weighted by atomic mass is 10.1. The summed E-state index contributed by atoms with van der Waals surface area (Å²) in [5.41, 5.74) is 0.408. The van der Waals surface area contributed by atoms with Crippen molar-refractivity contribution in [2.24, 2.45) is 17.3 Å². The van der Waals surface area contributed by atoms with Crippen molar-refractivity contribution in [2.75, 3.05) is 13.2 Å². The van der Waals surface area contributed by atoms with Gasteiger partial charge in [-0.3, -0.25) is 9.59 Å². The normalized spacial score (nSPS) is 24.5. The van der Waals surface area contributed by atoms with Crippen LogP contribution in [0.25, 0.3) is 0 Å². The van der Waals surface area contributed by atoms with E-state index in [0.29, 0.717) is 31.3 Å². The SMILES string of the molecule is CC1(C)[C@H](C(=O)O)[C@@H]1C(=O)NCc1ccc2c(c1)OCCO2. The van der Waals surface area contributed by atoms with E-state index in [0.717, 1.165) is 5.56 Å². The lowest BCUT2D eigenvalue weighted by molar-refractivity contribution is -0.140. The van der Waals surface area contributed by atoms with Crippen molar-refractivity contribution in [3.05, 3.63) is 23.8 Å². The summed E-state index contributed by atoms with van der Waals surface area (Å²) in [5.74, 6) is -0.824. The van der Waals surface area contributed by atoms with E-state index in [-0.39, 0.29) is 5.91 Å². The molecule has 6 nitrogen and oxygen atoms in total. The van der Waals surface area contributed by atoms with Crippen LogP contribution in [-0.2, 0) is 16.1 Å². The van der Waals surface area contributed by atoms with Gasteiger partial charge in [0.05, 0.1) is 11.8 Å². The molecule has 2 N–H and O–H groups in total. The number of fused-ring (bicyclic) bond motifs is 1. The van der Waals surface area contributed by atoms with E-state index in [1.54, 1.807) is 13.8 Å². The highest BCUT2D eigenvalue weighted by atomic mass is 16.6. The van der Waals surface area contributed by atoms with Crippen LogP contribution in [0.5, 0.6) is 11.5 Å². The molecule has 2 atom stereocenters. The lowest BCUT2D eigenvalue weighted by Gasteiger charge is -2.19. The van der Waals surface area contributed by atoms with Crippen LogP contribution in [0.15, 0.2) is 18.2 Å². The smallest absolute Gasteiger partial charge is 0.307 e. The van der Waals surface area contributed by atoms with Gasteiger partial charge in [0.15, 0.2) is 11.5 Å². The second-order valence-electron chi connectivity index (χ2n) is 6.31. The van der Waals surface area contributed by atoms with Gasteiger partial charge in [0.25, 0.3) is 0 Å². The Balaban J connectivity index is 1.61. The molecule has 1 fully saturated rings. The second-order valence-corrected chi connectivity index (χ2v) is 6.31. The van der Waals surface area contributed by atoms with E-state index in [9.17, 15) is 9.59 Å².